The molecule has 3 rings (SSSR count). The molecule has 2 N–H and O–H groups in total. The van der Waals surface area contributed by atoms with Crippen molar-refractivity contribution in [2.24, 2.45) is 12.0 Å². The summed E-state index contributed by atoms with van der Waals surface area (Å²) in [5, 5.41) is 10.4. The van der Waals surface area contributed by atoms with Crippen LogP contribution in [0.1, 0.15) is 32.1 Å². The third kappa shape index (κ3) is 5.82. The van der Waals surface area contributed by atoms with E-state index in [0.29, 0.717) is 38.1 Å². The fourth-order valence-corrected chi connectivity index (χ4v) is 3.66. The number of aliphatic imine (C=N–C) groups is 1. The fraction of sp³-hybridized carbons (Fsp3) is 0.667. The highest BCUT2D eigenvalue weighted by Gasteiger charge is 2.27. The summed E-state index contributed by atoms with van der Waals surface area (Å²) >= 11 is 0. The van der Waals surface area contributed by atoms with Gasteiger partial charge in [-0.2, -0.15) is 5.10 Å². The Hall–Kier alpha value is -1.85. The van der Waals surface area contributed by atoms with Crippen molar-refractivity contribution < 1.29 is 9.59 Å². The summed E-state index contributed by atoms with van der Waals surface area (Å²) < 4.78 is 1.69. The van der Waals surface area contributed by atoms with E-state index >= 15 is 0 Å². The molecule has 1 aliphatic heterocycles. The number of guanidine groups is 1. The van der Waals surface area contributed by atoms with Crippen molar-refractivity contribution in [2.75, 3.05) is 38.1 Å². The van der Waals surface area contributed by atoms with Crippen molar-refractivity contribution >= 4 is 47.4 Å². The Bertz CT molecular complexity index is 700. The lowest BCUT2D eigenvalue weighted by atomic mass is 10.2. The molecule has 0 aromatic carbocycles. The van der Waals surface area contributed by atoms with E-state index in [4.69, 9.17) is 0 Å². The summed E-state index contributed by atoms with van der Waals surface area (Å²) in [5.41, 5.74) is 0.814. The maximum absolute atomic E-state index is 12.5. The van der Waals surface area contributed by atoms with Crippen molar-refractivity contribution in [3.05, 3.63) is 12.4 Å². The standard InChI is InChI=1S/C18H29N7O2.HI/c1-19-18(20-8-7-16(26)22-14-5-3-4-6-14)24-9-10-25(17(27)13-24)15-11-21-23(2)12-15;/h11-12,14H,3-10,13H2,1-2H3,(H,19,20)(H,22,26);1H. The Kier molecular flexibility index (Phi) is 8.52. The second-order valence-corrected chi connectivity index (χ2v) is 7.11. The van der Waals surface area contributed by atoms with Gasteiger partial charge < -0.3 is 20.4 Å². The first-order valence-electron chi connectivity index (χ1n) is 9.61. The molecule has 9 nitrogen and oxygen atoms in total. The lowest BCUT2D eigenvalue weighted by molar-refractivity contribution is -0.122. The highest BCUT2D eigenvalue weighted by Crippen LogP contribution is 2.18. The number of carbonyl (C=O) groups is 2. The number of hydrogen-bond donors (Lipinski definition) is 2. The van der Waals surface area contributed by atoms with Gasteiger partial charge in [0.1, 0.15) is 6.54 Å². The number of hydrogen-bond acceptors (Lipinski definition) is 4. The number of nitrogens with zero attached hydrogens (tertiary/aromatic N) is 5. The molecule has 2 aliphatic rings. The Morgan fingerprint density at radius 3 is 2.68 bits per heavy atom. The van der Waals surface area contributed by atoms with Crippen LogP contribution in [0, 0.1) is 0 Å². The van der Waals surface area contributed by atoms with Gasteiger partial charge in [-0.3, -0.25) is 19.3 Å². The van der Waals surface area contributed by atoms with E-state index in [0.717, 1.165) is 18.5 Å². The predicted octanol–water partition coefficient (Wildman–Crippen LogP) is 0.711. The number of nitrogens with one attached hydrogen (secondary N) is 2. The minimum Gasteiger partial charge on any atom is -0.356 e. The van der Waals surface area contributed by atoms with Crippen LogP contribution in [0.15, 0.2) is 17.4 Å². The molecule has 0 bridgehead atoms. The van der Waals surface area contributed by atoms with E-state index in [1.54, 1.807) is 22.8 Å². The van der Waals surface area contributed by atoms with Crippen LogP contribution in [0.3, 0.4) is 0 Å². The first-order valence-corrected chi connectivity index (χ1v) is 9.61. The van der Waals surface area contributed by atoms with E-state index in [1.807, 2.05) is 18.1 Å². The van der Waals surface area contributed by atoms with Crippen molar-refractivity contribution in [1.82, 2.24) is 25.3 Å². The van der Waals surface area contributed by atoms with Crippen LogP contribution in [-0.2, 0) is 16.6 Å². The number of aryl methyl sites for hydroxylation is 1. The normalized spacial score (nSPS) is 18.2. The smallest absolute Gasteiger partial charge is 0.246 e. The Labute approximate surface area is 182 Å². The monoisotopic (exact) mass is 503 g/mol. The maximum atomic E-state index is 12.5. The zero-order valence-corrected chi connectivity index (χ0v) is 18.9. The van der Waals surface area contributed by atoms with E-state index in [-0.39, 0.29) is 42.3 Å². The number of anilines is 1. The van der Waals surface area contributed by atoms with Gasteiger partial charge in [0, 0.05) is 52.4 Å². The summed E-state index contributed by atoms with van der Waals surface area (Å²) in [6.07, 6.45) is 8.52. The zero-order valence-electron chi connectivity index (χ0n) is 16.6. The topological polar surface area (TPSA) is 94.9 Å². The highest BCUT2D eigenvalue weighted by molar-refractivity contribution is 14.0. The average Bonchev–Trinajstić information content (AvgIpc) is 3.30. The van der Waals surface area contributed by atoms with Crippen LogP contribution >= 0.6 is 24.0 Å². The SMILES string of the molecule is CN=C(NCCC(=O)NC1CCCC1)N1CCN(c2cnn(C)c2)C(=O)C1.I. The molecule has 2 heterocycles. The van der Waals surface area contributed by atoms with Crippen LogP contribution in [0.2, 0.25) is 0 Å². The lowest BCUT2D eigenvalue weighted by Crippen LogP contribution is -2.55. The Morgan fingerprint density at radius 1 is 1.32 bits per heavy atom. The number of amides is 2. The molecule has 156 valence electrons. The third-order valence-electron chi connectivity index (χ3n) is 5.09. The molecule has 28 heavy (non-hydrogen) atoms. The second-order valence-electron chi connectivity index (χ2n) is 7.11. The van der Waals surface area contributed by atoms with Crippen LogP contribution in [-0.4, -0.2) is 71.7 Å². The lowest BCUT2D eigenvalue weighted by Gasteiger charge is -2.35. The highest BCUT2D eigenvalue weighted by atomic mass is 127. The van der Waals surface area contributed by atoms with Gasteiger partial charge in [-0.1, -0.05) is 12.8 Å². The van der Waals surface area contributed by atoms with Crippen molar-refractivity contribution in [1.29, 1.82) is 0 Å². The molecule has 0 spiro atoms. The summed E-state index contributed by atoms with van der Waals surface area (Å²) in [4.78, 5) is 32.5. The summed E-state index contributed by atoms with van der Waals surface area (Å²) in [6, 6.07) is 0.343. The van der Waals surface area contributed by atoms with Crippen LogP contribution in [0.25, 0.3) is 0 Å². The summed E-state index contributed by atoms with van der Waals surface area (Å²) in [5.74, 6) is 0.737. The molecule has 1 aromatic rings. The van der Waals surface area contributed by atoms with Crippen molar-refractivity contribution in [3.63, 3.8) is 0 Å². The Balaban J connectivity index is 0.00000280. The van der Waals surface area contributed by atoms with E-state index in [1.165, 1.54) is 12.8 Å². The van der Waals surface area contributed by atoms with Gasteiger partial charge in [0.15, 0.2) is 5.96 Å². The molecule has 1 saturated heterocycles. The van der Waals surface area contributed by atoms with Gasteiger partial charge in [0.2, 0.25) is 11.8 Å². The zero-order chi connectivity index (χ0) is 19.2. The molecule has 1 saturated carbocycles. The van der Waals surface area contributed by atoms with Gasteiger partial charge in [-0.15, -0.1) is 24.0 Å². The number of piperazine rings is 1. The van der Waals surface area contributed by atoms with Gasteiger partial charge in [0.25, 0.3) is 0 Å². The molecule has 0 atom stereocenters. The van der Waals surface area contributed by atoms with Gasteiger partial charge in [0.05, 0.1) is 11.9 Å². The van der Waals surface area contributed by atoms with Crippen molar-refractivity contribution in [3.8, 4) is 0 Å². The average molecular weight is 503 g/mol. The number of carbonyl (C=O) groups excluding carboxylic acids is 2. The van der Waals surface area contributed by atoms with E-state index in [9.17, 15) is 9.59 Å². The minimum atomic E-state index is 0. The third-order valence-corrected chi connectivity index (χ3v) is 5.09. The number of halogens is 1. The molecular weight excluding hydrogens is 473 g/mol. The molecule has 10 heteroatoms. The minimum absolute atomic E-state index is 0. The molecule has 1 aromatic heterocycles. The maximum Gasteiger partial charge on any atom is 0.246 e. The molecule has 2 fully saturated rings. The molecule has 0 radical (unpaired) electrons. The van der Waals surface area contributed by atoms with Crippen LogP contribution in [0.4, 0.5) is 5.69 Å². The predicted molar refractivity (Wildman–Crippen MR) is 119 cm³/mol. The van der Waals surface area contributed by atoms with Gasteiger partial charge >= 0.3 is 0 Å². The quantitative estimate of drug-likeness (QED) is 0.351. The van der Waals surface area contributed by atoms with Crippen LogP contribution < -0.4 is 15.5 Å². The Morgan fingerprint density at radius 2 is 2.07 bits per heavy atom. The van der Waals surface area contributed by atoms with E-state index in [2.05, 4.69) is 20.7 Å². The second kappa shape index (κ2) is 10.6. The fourth-order valence-electron chi connectivity index (χ4n) is 3.66. The molecule has 1 aliphatic carbocycles. The summed E-state index contributed by atoms with van der Waals surface area (Å²) in [6.45, 7) is 2.01. The molecule has 0 unspecified atom stereocenters. The number of rotatable bonds is 5. The largest absolute Gasteiger partial charge is 0.356 e. The molecular formula is C18H30IN7O2. The van der Waals surface area contributed by atoms with E-state index < -0.39 is 0 Å². The van der Waals surface area contributed by atoms with Gasteiger partial charge in [-0.25, -0.2) is 0 Å². The first kappa shape index (κ1) is 22.4. The van der Waals surface area contributed by atoms with Crippen molar-refractivity contribution in [2.45, 2.75) is 38.1 Å². The number of aromatic nitrogens is 2. The summed E-state index contributed by atoms with van der Waals surface area (Å²) in [7, 11) is 3.53. The van der Waals surface area contributed by atoms with Crippen LogP contribution in [0.5, 0.6) is 0 Å². The first-order chi connectivity index (χ1) is 13.1. The molecule has 2 amide bonds. The van der Waals surface area contributed by atoms with Gasteiger partial charge in [-0.05, 0) is 12.8 Å².